The number of aromatic nitrogens is 1. The van der Waals surface area contributed by atoms with Crippen molar-refractivity contribution in [2.24, 2.45) is 0 Å². The summed E-state index contributed by atoms with van der Waals surface area (Å²) in [6.45, 7) is 0. The SMILES string of the molecule is CNC(c1c(F)cccc1Cl)C1CCc2cccnc21. The molecule has 1 aliphatic rings. The predicted molar refractivity (Wildman–Crippen MR) is 78.5 cm³/mol. The minimum atomic E-state index is -0.263. The maximum absolute atomic E-state index is 14.2. The molecule has 0 radical (unpaired) electrons. The lowest BCUT2D eigenvalue weighted by Crippen LogP contribution is -2.24. The number of benzene rings is 1. The summed E-state index contributed by atoms with van der Waals surface area (Å²) < 4.78 is 14.2. The summed E-state index contributed by atoms with van der Waals surface area (Å²) in [5.74, 6) is -0.105. The molecule has 1 heterocycles. The fraction of sp³-hybridized carbons (Fsp3) is 0.312. The zero-order valence-corrected chi connectivity index (χ0v) is 12.0. The Hall–Kier alpha value is -1.45. The number of nitrogens with one attached hydrogen (secondary N) is 1. The second-order valence-corrected chi connectivity index (χ2v) is 5.50. The van der Waals surface area contributed by atoms with Crippen LogP contribution in [0.25, 0.3) is 0 Å². The van der Waals surface area contributed by atoms with E-state index in [1.165, 1.54) is 11.6 Å². The summed E-state index contributed by atoms with van der Waals surface area (Å²) >= 11 is 6.21. The molecule has 1 N–H and O–H groups in total. The van der Waals surface area contributed by atoms with Gasteiger partial charge >= 0.3 is 0 Å². The second kappa shape index (κ2) is 5.51. The molecule has 0 amide bonds. The Bertz CT molecular complexity index is 609. The molecule has 2 unspecified atom stereocenters. The molecule has 4 heteroatoms. The Morgan fingerprint density at radius 3 is 2.95 bits per heavy atom. The first-order chi connectivity index (χ1) is 9.72. The summed E-state index contributed by atoms with van der Waals surface area (Å²) in [4.78, 5) is 4.49. The first-order valence-corrected chi connectivity index (χ1v) is 7.15. The van der Waals surface area contributed by atoms with Gasteiger partial charge in [-0.2, -0.15) is 0 Å². The average molecular weight is 291 g/mol. The van der Waals surface area contributed by atoms with Gasteiger partial charge in [0.2, 0.25) is 0 Å². The van der Waals surface area contributed by atoms with Gasteiger partial charge in [0.25, 0.3) is 0 Å². The standard InChI is InChI=1S/C16H16ClFN2/c1-19-16(14-12(17)5-2-6-13(14)18)11-8-7-10-4-3-9-20-15(10)11/h2-6,9,11,16,19H,7-8H2,1H3. The summed E-state index contributed by atoms with van der Waals surface area (Å²) in [5.41, 5.74) is 2.86. The number of hydrogen-bond donors (Lipinski definition) is 1. The van der Waals surface area contributed by atoms with Crippen LogP contribution in [0, 0.1) is 5.82 Å². The Morgan fingerprint density at radius 2 is 2.20 bits per heavy atom. The van der Waals surface area contributed by atoms with Gasteiger partial charge in [0.05, 0.1) is 0 Å². The van der Waals surface area contributed by atoms with E-state index >= 15 is 0 Å². The molecule has 0 bridgehead atoms. The quantitative estimate of drug-likeness (QED) is 0.928. The molecule has 1 aromatic carbocycles. The van der Waals surface area contributed by atoms with Gasteiger partial charge in [-0.1, -0.05) is 23.7 Å². The zero-order chi connectivity index (χ0) is 14.1. The van der Waals surface area contributed by atoms with E-state index in [0.29, 0.717) is 10.6 Å². The molecule has 1 aliphatic carbocycles. The molecule has 2 aromatic rings. The van der Waals surface area contributed by atoms with Crippen LogP contribution in [0.3, 0.4) is 0 Å². The third-order valence-electron chi connectivity index (χ3n) is 4.03. The fourth-order valence-electron chi connectivity index (χ4n) is 3.12. The second-order valence-electron chi connectivity index (χ2n) is 5.09. The van der Waals surface area contributed by atoms with Crippen LogP contribution in [0.2, 0.25) is 5.02 Å². The van der Waals surface area contributed by atoms with Crippen molar-refractivity contribution in [3.8, 4) is 0 Å². The fourth-order valence-corrected chi connectivity index (χ4v) is 3.40. The van der Waals surface area contributed by atoms with Gasteiger partial charge in [-0.3, -0.25) is 4.98 Å². The number of nitrogens with zero attached hydrogens (tertiary/aromatic N) is 1. The van der Waals surface area contributed by atoms with E-state index in [4.69, 9.17) is 11.6 Å². The van der Waals surface area contributed by atoms with Crippen LogP contribution in [0.15, 0.2) is 36.5 Å². The molecule has 2 nitrogen and oxygen atoms in total. The number of aryl methyl sites for hydroxylation is 1. The van der Waals surface area contributed by atoms with Crippen LogP contribution < -0.4 is 5.32 Å². The van der Waals surface area contributed by atoms with Crippen molar-refractivity contribution in [2.45, 2.75) is 24.8 Å². The molecule has 104 valence electrons. The zero-order valence-electron chi connectivity index (χ0n) is 11.2. The third kappa shape index (κ3) is 2.21. The monoisotopic (exact) mass is 290 g/mol. The van der Waals surface area contributed by atoms with Crippen LogP contribution in [-0.4, -0.2) is 12.0 Å². The van der Waals surface area contributed by atoms with Gasteiger partial charge in [0.1, 0.15) is 5.82 Å². The van der Waals surface area contributed by atoms with Gasteiger partial charge in [-0.15, -0.1) is 0 Å². The summed E-state index contributed by atoms with van der Waals surface area (Å²) in [5, 5.41) is 3.68. The van der Waals surface area contributed by atoms with Crippen LogP contribution in [0.1, 0.15) is 35.2 Å². The van der Waals surface area contributed by atoms with Gasteiger partial charge < -0.3 is 5.32 Å². The topological polar surface area (TPSA) is 24.9 Å². The van der Waals surface area contributed by atoms with Gasteiger partial charge in [0.15, 0.2) is 0 Å². The van der Waals surface area contributed by atoms with Crippen molar-refractivity contribution in [3.05, 3.63) is 64.2 Å². The largest absolute Gasteiger partial charge is 0.312 e. The third-order valence-corrected chi connectivity index (χ3v) is 4.36. The molecule has 2 atom stereocenters. The number of pyridine rings is 1. The molecule has 0 aliphatic heterocycles. The molecule has 1 aromatic heterocycles. The van der Waals surface area contributed by atoms with Crippen molar-refractivity contribution in [1.29, 1.82) is 0 Å². The minimum absolute atomic E-state index is 0.153. The first-order valence-electron chi connectivity index (χ1n) is 6.77. The minimum Gasteiger partial charge on any atom is -0.312 e. The molecular weight excluding hydrogens is 275 g/mol. The molecule has 0 spiro atoms. The van der Waals surface area contributed by atoms with Crippen LogP contribution in [0.5, 0.6) is 0 Å². The highest BCUT2D eigenvalue weighted by molar-refractivity contribution is 6.31. The lowest BCUT2D eigenvalue weighted by atomic mass is 9.90. The number of hydrogen-bond acceptors (Lipinski definition) is 2. The highest BCUT2D eigenvalue weighted by Crippen LogP contribution is 2.42. The van der Waals surface area contributed by atoms with Crippen LogP contribution in [0.4, 0.5) is 4.39 Å². The van der Waals surface area contributed by atoms with Gasteiger partial charge in [0, 0.05) is 34.4 Å². The van der Waals surface area contributed by atoms with E-state index in [0.717, 1.165) is 18.5 Å². The van der Waals surface area contributed by atoms with Crippen molar-refractivity contribution < 1.29 is 4.39 Å². The molecule has 0 saturated carbocycles. The molecule has 0 fully saturated rings. The smallest absolute Gasteiger partial charge is 0.129 e. The van der Waals surface area contributed by atoms with Crippen molar-refractivity contribution in [3.63, 3.8) is 0 Å². The van der Waals surface area contributed by atoms with Crippen molar-refractivity contribution in [1.82, 2.24) is 10.3 Å². The number of fused-ring (bicyclic) bond motifs is 1. The predicted octanol–water partition coefficient (Wildman–Crippen LogP) is 3.86. The Kier molecular flexibility index (Phi) is 3.72. The van der Waals surface area contributed by atoms with Crippen molar-refractivity contribution >= 4 is 11.6 Å². The van der Waals surface area contributed by atoms with Gasteiger partial charge in [-0.05, 0) is 43.7 Å². The average Bonchev–Trinajstić information content (AvgIpc) is 2.87. The van der Waals surface area contributed by atoms with E-state index in [2.05, 4.69) is 16.4 Å². The maximum atomic E-state index is 14.2. The van der Waals surface area contributed by atoms with Gasteiger partial charge in [-0.25, -0.2) is 4.39 Å². The number of likely N-dealkylation sites (N-methyl/N-ethyl adjacent to an activating group) is 1. The first kappa shape index (κ1) is 13.5. The summed E-state index contributed by atoms with van der Waals surface area (Å²) in [7, 11) is 1.84. The van der Waals surface area contributed by atoms with E-state index in [1.807, 2.05) is 13.1 Å². The van der Waals surface area contributed by atoms with E-state index in [-0.39, 0.29) is 17.8 Å². The molecule has 0 saturated heterocycles. The van der Waals surface area contributed by atoms with E-state index in [9.17, 15) is 4.39 Å². The molecule has 20 heavy (non-hydrogen) atoms. The van der Waals surface area contributed by atoms with E-state index in [1.54, 1.807) is 18.3 Å². The maximum Gasteiger partial charge on any atom is 0.129 e. The lowest BCUT2D eigenvalue weighted by molar-refractivity contribution is 0.449. The summed E-state index contributed by atoms with van der Waals surface area (Å²) in [6.07, 6.45) is 3.74. The van der Waals surface area contributed by atoms with E-state index < -0.39 is 0 Å². The highest BCUT2D eigenvalue weighted by atomic mass is 35.5. The highest BCUT2D eigenvalue weighted by Gasteiger charge is 2.33. The number of rotatable bonds is 3. The van der Waals surface area contributed by atoms with Crippen molar-refractivity contribution in [2.75, 3.05) is 7.05 Å². The molecular formula is C16H16ClFN2. The lowest BCUT2D eigenvalue weighted by Gasteiger charge is -2.25. The normalized spacial score (nSPS) is 18.9. The summed E-state index contributed by atoms with van der Waals surface area (Å²) in [6, 6.07) is 8.72. The van der Waals surface area contributed by atoms with Crippen LogP contribution >= 0.6 is 11.6 Å². The van der Waals surface area contributed by atoms with Crippen LogP contribution in [-0.2, 0) is 6.42 Å². The molecule has 3 rings (SSSR count). The number of halogens is 2. The Balaban J connectivity index is 2.04. The Labute approximate surface area is 123 Å². The Morgan fingerprint density at radius 1 is 1.35 bits per heavy atom.